The molecule has 0 amide bonds. The molecule has 0 saturated heterocycles. The van der Waals surface area contributed by atoms with Crippen LogP contribution in [-0.4, -0.2) is 14.8 Å². The zero-order valence-electron chi connectivity index (χ0n) is 9.32. The molecule has 0 fully saturated rings. The number of aryl methyl sites for hydroxylation is 1. The predicted molar refractivity (Wildman–Crippen MR) is 63.0 cm³/mol. The Hall–Kier alpha value is -1.46. The minimum Gasteiger partial charge on any atom is -0.320 e. The number of benzene rings is 1. The number of nitrogens with one attached hydrogen (secondary N) is 1. The Morgan fingerprint density at radius 1 is 1.41 bits per heavy atom. The largest absolute Gasteiger partial charge is 0.320 e. The van der Waals surface area contributed by atoms with E-state index in [2.05, 4.69) is 15.5 Å². The van der Waals surface area contributed by atoms with Gasteiger partial charge in [-0.25, -0.2) is 4.39 Å². The lowest BCUT2D eigenvalue weighted by atomic mass is 10.2. The first kappa shape index (κ1) is 12.0. The first-order valence-corrected chi connectivity index (χ1v) is 5.52. The highest BCUT2D eigenvalue weighted by atomic mass is 35.5. The third kappa shape index (κ3) is 3.01. The van der Waals surface area contributed by atoms with E-state index in [1.807, 2.05) is 11.6 Å². The van der Waals surface area contributed by atoms with Crippen molar-refractivity contribution in [3.05, 3.63) is 46.8 Å². The SMILES string of the molecule is Cn1cnnc1CNCc1ccc(Cl)cc1F. The molecule has 1 N–H and O–H groups in total. The molecule has 1 aromatic carbocycles. The van der Waals surface area contributed by atoms with E-state index >= 15 is 0 Å². The van der Waals surface area contributed by atoms with Gasteiger partial charge in [0.1, 0.15) is 18.0 Å². The molecule has 17 heavy (non-hydrogen) atoms. The number of nitrogens with zero attached hydrogens (tertiary/aromatic N) is 3. The molecule has 0 radical (unpaired) electrons. The summed E-state index contributed by atoms with van der Waals surface area (Å²) in [5.74, 6) is 0.502. The van der Waals surface area contributed by atoms with E-state index in [1.54, 1.807) is 18.5 Å². The number of hydrogen-bond donors (Lipinski definition) is 1. The van der Waals surface area contributed by atoms with Crippen molar-refractivity contribution in [2.75, 3.05) is 0 Å². The Morgan fingerprint density at radius 2 is 2.24 bits per heavy atom. The molecule has 2 rings (SSSR count). The first-order valence-electron chi connectivity index (χ1n) is 5.14. The van der Waals surface area contributed by atoms with Gasteiger partial charge in [0, 0.05) is 24.2 Å². The molecule has 0 bridgehead atoms. The van der Waals surface area contributed by atoms with Crippen molar-refractivity contribution in [1.82, 2.24) is 20.1 Å². The molecule has 0 aliphatic heterocycles. The summed E-state index contributed by atoms with van der Waals surface area (Å²) in [6.07, 6.45) is 1.62. The van der Waals surface area contributed by atoms with E-state index in [4.69, 9.17) is 11.6 Å². The molecular weight excluding hydrogens is 243 g/mol. The normalized spacial score (nSPS) is 10.8. The lowest BCUT2D eigenvalue weighted by Gasteiger charge is -2.05. The topological polar surface area (TPSA) is 42.7 Å². The maximum absolute atomic E-state index is 13.4. The average Bonchev–Trinajstić information content (AvgIpc) is 2.68. The summed E-state index contributed by atoms with van der Waals surface area (Å²) in [5.41, 5.74) is 0.580. The summed E-state index contributed by atoms with van der Waals surface area (Å²) < 4.78 is 15.2. The lowest BCUT2D eigenvalue weighted by molar-refractivity contribution is 0.577. The second kappa shape index (κ2) is 5.25. The fraction of sp³-hybridized carbons (Fsp3) is 0.273. The van der Waals surface area contributed by atoms with Gasteiger partial charge in [0.05, 0.1) is 6.54 Å². The predicted octanol–water partition coefficient (Wildman–Crippen LogP) is 1.90. The van der Waals surface area contributed by atoms with E-state index in [0.29, 0.717) is 23.7 Å². The first-order chi connectivity index (χ1) is 8.16. The van der Waals surface area contributed by atoms with Crippen LogP contribution in [0.25, 0.3) is 0 Å². The van der Waals surface area contributed by atoms with Gasteiger partial charge in [0.2, 0.25) is 0 Å². The summed E-state index contributed by atoms with van der Waals surface area (Å²) in [6, 6.07) is 4.65. The molecule has 1 aromatic heterocycles. The van der Waals surface area contributed by atoms with Crippen molar-refractivity contribution in [1.29, 1.82) is 0 Å². The highest BCUT2D eigenvalue weighted by Crippen LogP contribution is 2.14. The molecule has 0 aliphatic carbocycles. The van der Waals surface area contributed by atoms with Crippen LogP contribution in [0.1, 0.15) is 11.4 Å². The molecule has 90 valence electrons. The minimum atomic E-state index is -0.303. The molecule has 2 aromatic rings. The zero-order chi connectivity index (χ0) is 12.3. The molecule has 0 saturated carbocycles. The van der Waals surface area contributed by atoms with Crippen LogP contribution in [0, 0.1) is 5.82 Å². The summed E-state index contributed by atoms with van der Waals surface area (Å²) in [6.45, 7) is 0.967. The quantitative estimate of drug-likeness (QED) is 0.906. The van der Waals surface area contributed by atoms with Crippen LogP contribution in [0.2, 0.25) is 5.02 Å². The smallest absolute Gasteiger partial charge is 0.146 e. The molecule has 1 heterocycles. The fourth-order valence-corrected chi connectivity index (χ4v) is 1.60. The number of hydrogen-bond acceptors (Lipinski definition) is 3. The maximum atomic E-state index is 13.4. The second-order valence-corrected chi connectivity index (χ2v) is 4.13. The molecule has 0 spiro atoms. The van der Waals surface area contributed by atoms with E-state index < -0.39 is 0 Å². The average molecular weight is 255 g/mol. The third-order valence-corrected chi connectivity index (χ3v) is 2.65. The van der Waals surface area contributed by atoms with Gasteiger partial charge in [-0.1, -0.05) is 17.7 Å². The van der Waals surface area contributed by atoms with Gasteiger partial charge in [-0.3, -0.25) is 0 Å². The van der Waals surface area contributed by atoms with Crippen molar-refractivity contribution in [2.24, 2.45) is 7.05 Å². The number of rotatable bonds is 4. The number of aromatic nitrogens is 3. The van der Waals surface area contributed by atoms with Gasteiger partial charge in [-0.05, 0) is 12.1 Å². The summed E-state index contributed by atoms with van der Waals surface area (Å²) in [7, 11) is 1.86. The van der Waals surface area contributed by atoms with Crippen LogP contribution >= 0.6 is 11.6 Å². The van der Waals surface area contributed by atoms with E-state index in [9.17, 15) is 4.39 Å². The van der Waals surface area contributed by atoms with Crippen molar-refractivity contribution >= 4 is 11.6 Å². The van der Waals surface area contributed by atoms with Crippen LogP contribution in [0.4, 0.5) is 4.39 Å². The molecular formula is C11H12ClFN4. The molecule has 6 heteroatoms. The van der Waals surface area contributed by atoms with Gasteiger partial charge in [0.25, 0.3) is 0 Å². The van der Waals surface area contributed by atoms with Crippen molar-refractivity contribution in [3.8, 4) is 0 Å². The fourth-order valence-electron chi connectivity index (χ4n) is 1.44. The van der Waals surface area contributed by atoms with Crippen molar-refractivity contribution < 1.29 is 4.39 Å². The van der Waals surface area contributed by atoms with Crippen LogP contribution in [0.15, 0.2) is 24.5 Å². The lowest BCUT2D eigenvalue weighted by Crippen LogP contribution is -2.16. The van der Waals surface area contributed by atoms with Crippen LogP contribution in [0.5, 0.6) is 0 Å². The Balaban J connectivity index is 1.92. The Bertz CT molecular complexity index is 512. The van der Waals surface area contributed by atoms with Crippen LogP contribution in [0.3, 0.4) is 0 Å². The van der Waals surface area contributed by atoms with E-state index in [1.165, 1.54) is 6.07 Å². The second-order valence-electron chi connectivity index (χ2n) is 3.70. The maximum Gasteiger partial charge on any atom is 0.146 e. The van der Waals surface area contributed by atoms with Crippen molar-refractivity contribution in [3.63, 3.8) is 0 Å². The monoisotopic (exact) mass is 254 g/mol. The minimum absolute atomic E-state index is 0.303. The summed E-state index contributed by atoms with van der Waals surface area (Å²) in [4.78, 5) is 0. The van der Waals surface area contributed by atoms with Crippen LogP contribution < -0.4 is 5.32 Å². The highest BCUT2D eigenvalue weighted by molar-refractivity contribution is 6.30. The zero-order valence-corrected chi connectivity index (χ0v) is 10.1. The summed E-state index contributed by atoms with van der Waals surface area (Å²) >= 11 is 5.67. The van der Waals surface area contributed by atoms with Gasteiger partial charge < -0.3 is 9.88 Å². The van der Waals surface area contributed by atoms with Crippen LogP contribution in [-0.2, 0) is 20.1 Å². The van der Waals surface area contributed by atoms with Crippen molar-refractivity contribution in [2.45, 2.75) is 13.1 Å². The van der Waals surface area contributed by atoms with Gasteiger partial charge in [-0.15, -0.1) is 10.2 Å². The Morgan fingerprint density at radius 3 is 2.88 bits per heavy atom. The molecule has 0 aliphatic rings. The van der Waals surface area contributed by atoms with E-state index in [-0.39, 0.29) is 5.82 Å². The van der Waals surface area contributed by atoms with Gasteiger partial charge >= 0.3 is 0 Å². The highest BCUT2D eigenvalue weighted by Gasteiger charge is 2.04. The molecule has 0 atom stereocenters. The standard InChI is InChI=1S/C11H12ClFN4/c1-17-7-15-16-11(17)6-14-5-8-2-3-9(12)4-10(8)13/h2-4,7,14H,5-6H2,1H3. The Kier molecular flexibility index (Phi) is 3.71. The van der Waals surface area contributed by atoms with Gasteiger partial charge in [-0.2, -0.15) is 0 Å². The van der Waals surface area contributed by atoms with E-state index in [0.717, 1.165) is 5.82 Å². The summed E-state index contributed by atoms with van der Waals surface area (Å²) in [5, 5.41) is 11.2. The molecule has 0 unspecified atom stereocenters. The van der Waals surface area contributed by atoms with Gasteiger partial charge in [0.15, 0.2) is 0 Å². The third-order valence-electron chi connectivity index (χ3n) is 2.42. The molecule has 4 nitrogen and oxygen atoms in total. The number of halogens is 2. The Labute approximate surface area is 103 Å².